The molecule has 4 nitrogen and oxygen atoms in total. The highest BCUT2D eigenvalue weighted by Crippen LogP contribution is 2.18. The summed E-state index contributed by atoms with van der Waals surface area (Å²) >= 11 is 0. The Kier molecular flexibility index (Phi) is 4.63. The Morgan fingerprint density at radius 3 is 2.00 bits per heavy atom. The van der Waals surface area contributed by atoms with Gasteiger partial charge in [-0.05, 0) is 28.8 Å². The van der Waals surface area contributed by atoms with Crippen LogP contribution in [0.15, 0.2) is 66.7 Å². The Labute approximate surface area is 158 Å². The molecular formula is C23H22N2O2. The number of carbonyl (C=O) groups is 2. The van der Waals surface area contributed by atoms with E-state index in [2.05, 4.69) is 28.8 Å². The van der Waals surface area contributed by atoms with Gasteiger partial charge in [0.15, 0.2) is 0 Å². The summed E-state index contributed by atoms with van der Waals surface area (Å²) < 4.78 is 0. The maximum absolute atomic E-state index is 12.5. The molecule has 2 atom stereocenters. The monoisotopic (exact) mass is 358 g/mol. The van der Waals surface area contributed by atoms with Crippen molar-refractivity contribution in [1.29, 1.82) is 0 Å². The van der Waals surface area contributed by atoms with E-state index in [0.717, 1.165) is 27.5 Å². The molecule has 4 rings (SSSR count). The van der Waals surface area contributed by atoms with Gasteiger partial charge in [0.25, 0.3) is 0 Å². The van der Waals surface area contributed by atoms with Crippen LogP contribution in [0.2, 0.25) is 0 Å². The predicted octanol–water partition coefficient (Wildman–Crippen LogP) is 2.92. The summed E-state index contributed by atoms with van der Waals surface area (Å²) in [6.07, 6.45) is 0.988. The highest BCUT2D eigenvalue weighted by Gasteiger charge is 2.33. The van der Waals surface area contributed by atoms with Crippen molar-refractivity contribution >= 4 is 22.6 Å². The first-order valence-electron chi connectivity index (χ1n) is 9.22. The zero-order chi connectivity index (χ0) is 18.8. The van der Waals surface area contributed by atoms with Crippen LogP contribution in [0, 0.1) is 6.92 Å². The fourth-order valence-corrected chi connectivity index (χ4v) is 3.64. The van der Waals surface area contributed by atoms with Crippen LogP contribution in [0.25, 0.3) is 10.8 Å². The first-order valence-corrected chi connectivity index (χ1v) is 9.22. The van der Waals surface area contributed by atoms with E-state index in [4.69, 9.17) is 0 Å². The topological polar surface area (TPSA) is 58.2 Å². The van der Waals surface area contributed by atoms with Crippen molar-refractivity contribution in [3.8, 4) is 0 Å². The maximum atomic E-state index is 12.5. The average molecular weight is 358 g/mol. The van der Waals surface area contributed by atoms with Crippen LogP contribution in [0.1, 0.15) is 16.7 Å². The van der Waals surface area contributed by atoms with Gasteiger partial charge in [0.1, 0.15) is 12.1 Å². The average Bonchev–Trinajstić information content (AvgIpc) is 2.66. The van der Waals surface area contributed by atoms with Crippen molar-refractivity contribution in [3.05, 3.63) is 83.4 Å². The Hall–Kier alpha value is -3.14. The molecule has 3 aromatic carbocycles. The lowest BCUT2D eigenvalue weighted by molar-refractivity contribution is -0.136. The molecule has 1 unspecified atom stereocenters. The second kappa shape index (κ2) is 7.23. The summed E-state index contributed by atoms with van der Waals surface area (Å²) in [5, 5.41) is 8.08. The van der Waals surface area contributed by atoms with Crippen LogP contribution in [0.5, 0.6) is 0 Å². The van der Waals surface area contributed by atoms with Crippen molar-refractivity contribution in [1.82, 2.24) is 10.6 Å². The molecule has 0 aromatic heterocycles. The third-order valence-corrected chi connectivity index (χ3v) is 5.04. The van der Waals surface area contributed by atoms with E-state index < -0.39 is 12.1 Å². The molecule has 0 radical (unpaired) electrons. The molecule has 1 heterocycles. The largest absolute Gasteiger partial charge is 0.342 e. The standard InChI is InChI=1S/C23H22N2O2/c1-15-5-4-6-16(11-15)13-20-22(26)25-21(23(27)24-20)14-17-9-10-18-7-2-3-8-19(18)12-17/h2-12,20-21H,13-14H2,1H3,(H,24,27)(H,25,26)/t20?,21-/m0/s1. The number of carbonyl (C=O) groups excluding carboxylic acids is 2. The Bertz CT molecular complexity index is 1010. The molecule has 1 saturated heterocycles. The minimum atomic E-state index is -0.535. The van der Waals surface area contributed by atoms with Crippen LogP contribution in [-0.2, 0) is 22.4 Å². The molecule has 1 aliphatic heterocycles. The van der Waals surface area contributed by atoms with E-state index >= 15 is 0 Å². The van der Waals surface area contributed by atoms with Gasteiger partial charge in [-0.15, -0.1) is 0 Å². The summed E-state index contributed by atoms with van der Waals surface area (Å²) in [7, 11) is 0. The van der Waals surface area contributed by atoms with E-state index in [9.17, 15) is 9.59 Å². The third kappa shape index (κ3) is 3.85. The molecule has 2 amide bonds. The van der Waals surface area contributed by atoms with Gasteiger partial charge >= 0.3 is 0 Å². The second-order valence-corrected chi connectivity index (χ2v) is 7.20. The first kappa shape index (κ1) is 17.3. The smallest absolute Gasteiger partial charge is 0.243 e. The number of fused-ring (bicyclic) bond motifs is 1. The first-order chi connectivity index (χ1) is 13.1. The number of hydrogen-bond acceptors (Lipinski definition) is 2. The highest BCUT2D eigenvalue weighted by atomic mass is 16.2. The number of rotatable bonds is 4. The normalized spacial score (nSPS) is 19.6. The van der Waals surface area contributed by atoms with E-state index in [1.807, 2.05) is 55.5 Å². The van der Waals surface area contributed by atoms with Gasteiger partial charge in [0.05, 0.1) is 0 Å². The molecular weight excluding hydrogens is 336 g/mol. The van der Waals surface area contributed by atoms with Crippen LogP contribution >= 0.6 is 0 Å². The minimum Gasteiger partial charge on any atom is -0.342 e. The van der Waals surface area contributed by atoms with Gasteiger partial charge in [-0.2, -0.15) is 0 Å². The lowest BCUT2D eigenvalue weighted by Gasteiger charge is -2.30. The van der Waals surface area contributed by atoms with E-state index in [-0.39, 0.29) is 11.8 Å². The number of piperazine rings is 1. The summed E-state index contributed by atoms with van der Waals surface area (Å²) in [4.78, 5) is 25.1. The molecule has 27 heavy (non-hydrogen) atoms. The van der Waals surface area contributed by atoms with Crippen molar-refractivity contribution in [3.63, 3.8) is 0 Å². The maximum Gasteiger partial charge on any atom is 0.243 e. The summed E-state index contributed by atoms with van der Waals surface area (Å²) in [5.74, 6) is -0.248. The van der Waals surface area contributed by atoms with E-state index in [0.29, 0.717) is 12.8 Å². The second-order valence-electron chi connectivity index (χ2n) is 7.20. The van der Waals surface area contributed by atoms with Crippen LogP contribution in [0.4, 0.5) is 0 Å². The number of aryl methyl sites for hydroxylation is 1. The van der Waals surface area contributed by atoms with Crippen LogP contribution in [0.3, 0.4) is 0 Å². The molecule has 1 fully saturated rings. The summed E-state index contributed by atoms with van der Waals surface area (Å²) in [5.41, 5.74) is 3.22. The zero-order valence-corrected chi connectivity index (χ0v) is 15.2. The molecule has 4 heteroatoms. The molecule has 1 aliphatic rings. The van der Waals surface area contributed by atoms with Crippen molar-refractivity contribution in [2.24, 2.45) is 0 Å². The quantitative estimate of drug-likeness (QED) is 0.753. The van der Waals surface area contributed by atoms with Gasteiger partial charge in [0, 0.05) is 12.8 Å². The van der Waals surface area contributed by atoms with Crippen LogP contribution in [-0.4, -0.2) is 23.9 Å². The summed E-state index contributed by atoms with van der Waals surface area (Å²) in [6.45, 7) is 2.02. The Morgan fingerprint density at radius 1 is 0.704 bits per heavy atom. The summed E-state index contributed by atoms with van der Waals surface area (Å²) in [6, 6.07) is 21.2. The van der Waals surface area contributed by atoms with E-state index in [1.54, 1.807) is 0 Å². The van der Waals surface area contributed by atoms with Gasteiger partial charge in [0.2, 0.25) is 11.8 Å². The minimum absolute atomic E-state index is 0.123. The predicted molar refractivity (Wildman–Crippen MR) is 106 cm³/mol. The van der Waals surface area contributed by atoms with Gasteiger partial charge in [-0.3, -0.25) is 9.59 Å². The fraction of sp³-hybridized carbons (Fsp3) is 0.217. The molecule has 2 N–H and O–H groups in total. The molecule has 0 bridgehead atoms. The molecule has 0 spiro atoms. The van der Waals surface area contributed by atoms with Gasteiger partial charge in [-0.25, -0.2) is 0 Å². The Morgan fingerprint density at radius 2 is 1.33 bits per heavy atom. The molecule has 3 aromatic rings. The van der Waals surface area contributed by atoms with Crippen molar-refractivity contribution in [2.45, 2.75) is 31.8 Å². The van der Waals surface area contributed by atoms with Gasteiger partial charge in [-0.1, -0.05) is 72.3 Å². The zero-order valence-electron chi connectivity index (χ0n) is 15.2. The van der Waals surface area contributed by atoms with Crippen LogP contribution < -0.4 is 10.6 Å². The lowest BCUT2D eigenvalue weighted by atomic mass is 9.97. The molecule has 136 valence electrons. The number of benzene rings is 3. The Balaban J connectivity index is 1.45. The SMILES string of the molecule is Cc1cccc(CC2NC(=O)[C@H](Cc3ccc4ccccc4c3)NC2=O)c1. The van der Waals surface area contributed by atoms with Gasteiger partial charge < -0.3 is 10.6 Å². The molecule has 0 saturated carbocycles. The third-order valence-electron chi connectivity index (χ3n) is 5.04. The van der Waals surface area contributed by atoms with Crippen molar-refractivity contribution < 1.29 is 9.59 Å². The fourth-order valence-electron chi connectivity index (χ4n) is 3.64. The number of hydrogen-bond donors (Lipinski definition) is 2. The highest BCUT2D eigenvalue weighted by molar-refractivity contribution is 5.97. The molecule has 0 aliphatic carbocycles. The van der Waals surface area contributed by atoms with E-state index in [1.165, 1.54) is 0 Å². The lowest BCUT2D eigenvalue weighted by Crippen LogP contribution is -2.62. The number of amides is 2. The van der Waals surface area contributed by atoms with Crippen molar-refractivity contribution in [2.75, 3.05) is 0 Å². The number of nitrogens with one attached hydrogen (secondary N) is 2.